The van der Waals surface area contributed by atoms with Gasteiger partial charge in [-0.15, -0.1) is 0 Å². The zero-order valence-corrected chi connectivity index (χ0v) is 14.5. The Labute approximate surface area is 138 Å². The monoisotopic (exact) mass is 321 g/mol. The molecule has 0 saturated carbocycles. The summed E-state index contributed by atoms with van der Waals surface area (Å²) >= 11 is 0. The van der Waals surface area contributed by atoms with E-state index in [0.29, 0.717) is 32.5 Å². The lowest BCUT2D eigenvalue weighted by molar-refractivity contribution is -0.143. The molecule has 23 heavy (non-hydrogen) atoms. The van der Waals surface area contributed by atoms with Crippen LogP contribution in [0.5, 0.6) is 0 Å². The normalized spacial score (nSPS) is 11.0. The maximum atomic E-state index is 12.4. The third kappa shape index (κ3) is 8.24. The zero-order valence-electron chi connectivity index (χ0n) is 14.5. The first kappa shape index (κ1) is 19.0. The minimum Gasteiger partial charge on any atom is -0.466 e. The fourth-order valence-corrected chi connectivity index (χ4v) is 2.01. The molecule has 0 aliphatic heterocycles. The van der Waals surface area contributed by atoms with E-state index < -0.39 is 5.60 Å². The van der Waals surface area contributed by atoms with Gasteiger partial charge in [-0.2, -0.15) is 0 Å². The third-order valence-corrected chi connectivity index (χ3v) is 2.98. The molecule has 1 aromatic rings. The van der Waals surface area contributed by atoms with E-state index in [9.17, 15) is 9.59 Å². The minimum absolute atomic E-state index is 0.239. The number of carbonyl (C=O) groups excluding carboxylic acids is 2. The van der Waals surface area contributed by atoms with E-state index in [1.54, 1.807) is 11.8 Å². The summed E-state index contributed by atoms with van der Waals surface area (Å²) in [6.45, 7) is 8.57. The van der Waals surface area contributed by atoms with Crippen molar-refractivity contribution in [3.05, 3.63) is 35.9 Å². The number of amides is 1. The second-order valence-corrected chi connectivity index (χ2v) is 6.30. The highest BCUT2D eigenvalue weighted by atomic mass is 16.6. The van der Waals surface area contributed by atoms with Crippen LogP contribution in [0.15, 0.2) is 30.3 Å². The highest BCUT2D eigenvalue weighted by Crippen LogP contribution is 2.13. The van der Waals surface area contributed by atoms with E-state index in [4.69, 9.17) is 9.47 Å². The van der Waals surface area contributed by atoms with Gasteiger partial charge in [0.25, 0.3) is 0 Å². The van der Waals surface area contributed by atoms with E-state index in [1.807, 2.05) is 51.1 Å². The standard InChI is InChI=1S/C18H27NO4/c1-5-22-16(20)12-9-13-19(17(21)23-18(2,3)4)14-15-10-7-6-8-11-15/h6-8,10-11H,5,9,12-14H2,1-4H3. The quantitative estimate of drug-likeness (QED) is 0.717. The Morgan fingerprint density at radius 2 is 1.78 bits per heavy atom. The molecule has 128 valence electrons. The van der Waals surface area contributed by atoms with Gasteiger partial charge in [0.05, 0.1) is 6.61 Å². The van der Waals surface area contributed by atoms with Crippen molar-refractivity contribution < 1.29 is 19.1 Å². The number of hydrogen-bond donors (Lipinski definition) is 0. The van der Waals surface area contributed by atoms with Gasteiger partial charge in [0.2, 0.25) is 0 Å². The largest absolute Gasteiger partial charge is 0.466 e. The second-order valence-electron chi connectivity index (χ2n) is 6.30. The van der Waals surface area contributed by atoms with E-state index >= 15 is 0 Å². The molecule has 0 saturated heterocycles. The Kier molecular flexibility index (Phi) is 7.59. The predicted octanol–water partition coefficient (Wildman–Crippen LogP) is 3.77. The molecule has 5 nitrogen and oxygen atoms in total. The Bertz CT molecular complexity index is 493. The van der Waals surface area contributed by atoms with Crippen LogP contribution in [-0.4, -0.2) is 35.7 Å². The molecule has 0 bridgehead atoms. The van der Waals surface area contributed by atoms with Gasteiger partial charge in [-0.05, 0) is 39.7 Å². The SMILES string of the molecule is CCOC(=O)CCCN(Cc1ccccc1)C(=O)OC(C)(C)C. The number of esters is 1. The highest BCUT2D eigenvalue weighted by molar-refractivity contribution is 5.70. The van der Waals surface area contributed by atoms with Crippen molar-refractivity contribution >= 4 is 12.1 Å². The Hall–Kier alpha value is -2.04. The number of benzene rings is 1. The molecule has 0 aromatic heterocycles. The number of carbonyl (C=O) groups is 2. The van der Waals surface area contributed by atoms with Gasteiger partial charge < -0.3 is 14.4 Å². The van der Waals surface area contributed by atoms with Crippen molar-refractivity contribution in [1.82, 2.24) is 4.90 Å². The molecule has 0 aliphatic rings. The first-order chi connectivity index (χ1) is 10.8. The van der Waals surface area contributed by atoms with Crippen LogP contribution in [0, 0.1) is 0 Å². The number of hydrogen-bond acceptors (Lipinski definition) is 4. The Balaban J connectivity index is 2.64. The van der Waals surface area contributed by atoms with E-state index in [2.05, 4.69) is 0 Å². The van der Waals surface area contributed by atoms with Crippen molar-refractivity contribution in [3.63, 3.8) is 0 Å². The first-order valence-corrected chi connectivity index (χ1v) is 7.99. The average Bonchev–Trinajstić information content (AvgIpc) is 2.46. The molecule has 1 rings (SSSR count). The van der Waals surface area contributed by atoms with Crippen LogP contribution in [0.2, 0.25) is 0 Å². The van der Waals surface area contributed by atoms with E-state index in [-0.39, 0.29) is 12.1 Å². The van der Waals surface area contributed by atoms with Gasteiger partial charge >= 0.3 is 12.1 Å². The van der Waals surface area contributed by atoms with Gasteiger partial charge in [0.1, 0.15) is 5.60 Å². The lowest BCUT2D eigenvalue weighted by atomic mass is 10.2. The first-order valence-electron chi connectivity index (χ1n) is 7.99. The van der Waals surface area contributed by atoms with Crippen molar-refractivity contribution in [1.29, 1.82) is 0 Å². The van der Waals surface area contributed by atoms with Crippen LogP contribution in [0.4, 0.5) is 4.79 Å². The summed E-state index contributed by atoms with van der Waals surface area (Å²) in [5.41, 5.74) is 0.474. The topological polar surface area (TPSA) is 55.8 Å². The van der Waals surface area contributed by atoms with Crippen molar-refractivity contribution in [3.8, 4) is 0 Å². The van der Waals surface area contributed by atoms with Crippen LogP contribution in [0.3, 0.4) is 0 Å². The molecule has 0 radical (unpaired) electrons. The van der Waals surface area contributed by atoms with Crippen LogP contribution in [0.1, 0.15) is 46.1 Å². The Morgan fingerprint density at radius 3 is 2.35 bits per heavy atom. The van der Waals surface area contributed by atoms with Crippen molar-refractivity contribution in [2.24, 2.45) is 0 Å². The van der Waals surface area contributed by atoms with Crippen molar-refractivity contribution in [2.75, 3.05) is 13.2 Å². The number of rotatable bonds is 7. The molecule has 1 amide bonds. The molecule has 0 unspecified atom stereocenters. The van der Waals surface area contributed by atoms with Gasteiger partial charge in [-0.3, -0.25) is 4.79 Å². The minimum atomic E-state index is -0.548. The maximum absolute atomic E-state index is 12.4. The zero-order chi connectivity index (χ0) is 17.3. The lowest BCUT2D eigenvalue weighted by Crippen LogP contribution is -2.37. The molecule has 0 heterocycles. The summed E-state index contributed by atoms with van der Waals surface area (Å²) in [5.74, 6) is -0.239. The summed E-state index contributed by atoms with van der Waals surface area (Å²) in [5, 5.41) is 0. The molecule has 0 spiro atoms. The van der Waals surface area contributed by atoms with Crippen molar-refractivity contribution in [2.45, 2.75) is 52.7 Å². The van der Waals surface area contributed by atoms with Crippen LogP contribution in [-0.2, 0) is 20.8 Å². The lowest BCUT2D eigenvalue weighted by Gasteiger charge is -2.27. The molecular formula is C18H27NO4. The number of nitrogens with zero attached hydrogens (tertiary/aromatic N) is 1. The summed E-state index contributed by atoms with van der Waals surface area (Å²) in [4.78, 5) is 25.4. The summed E-state index contributed by atoms with van der Waals surface area (Å²) < 4.78 is 10.4. The molecule has 0 aliphatic carbocycles. The summed E-state index contributed by atoms with van der Waals surface area (Å²) in [7, 11) is 0. The summed E-state index contributed by atoms with van der Waals surface area (Å²) in [6.07, 6.45) is 0.470. The maximum Gasteiger partial charge on any atom is 0.410 e. The van der Waals surface area contributed by atoms with Gasteiger partial charge in [-0.1, -0.05) is 30.3 Å². The molecule has 0 N–H and O–H groups in total. The predicted molar refractivity (Wildman–Crippen MR) is 89.0 cm³/mol. The molecule has 5 heteroatoms. The molecular weight excluding hydrogens is 294 g/mol. The van der Waals surface area contributed by atoms with Gasteiger partial charge in [0, 0.05) is 19.5 Å². The van der Waals surface area contributed by atoms with E-state index in [1.165, 1.54) is 0 Å². The Morgan fingerprint density at radius 1 is 1.13 bits per heavy atom. The van der Waals surface area contributed by atoms with Gasteiger partial charge in [0.15, 0.2) is 0 Å². The molecule has 1 aromatic carbocycles. The number of ether oxygens (including phenoxy) is 2. The second kappa shape index (κ2) is 9.18. The summed E-state index contributed by atoms with van der Waals surface area (Å²) in [6, 6.07) is 9.72. The van der Waals surface area contributed by atoms with Crippen LogP contribution < -0.4 is 0 Å². The average molecular weight is 321 g/mol. The molecule has 0 atom stereocenters. The highest BCUT2D eigenvalue weighted by Gasteiger charge is 2.22. The molecule has 0 fully saturated rings. The smallest absolute Gasteiger partial charge is 0.410 e. The van der Waals surface area contributed by atoms with Crippen LogP contribution in [0.25, 0.3) is 0 Å². The fourth-order valence-electron chi connectivity index (χ4n) is 2.01. The van der Waals surface area contributed by atoms with Gasteiger partial charge in [-0.25, -0.2) is 4.79 Å². The van der Waals surface area contributed by atoms with E-state index in [0.717, 1.165) is 5.56 Å². The third-order valence-electron chi connectivity index (χ3n) is 2.98. The van der Waals surface area contributed by atoms with Crippen LogP contribution >= 0.6 is 0 Å². The fraction of sp³-hybridized carbons (Fsp3) is 0.556.